The zero-order chi connectivity index (χ0) is 16.0. The molecule has 0 saturated carbocycles. The second-order valence-corrected chi connectivity index (χ2v) is 5.08. The summed E-state index contributed by atoms with van der Waals surface area (Å²) in [6.07, 6.45) is 0.116. The Morgan fingerprint density at radius 3 is 2.43 bits per heavy atom. The Bertz CT molecular complexity index is 513. The SMILES string of the molecule is CC(C)CN(CCC(N)=NO)C(=O)c1c(F)cccc1F. The van der Waals surface area contributed by atoms with Gasteiger partial charge in [0.2, 0.25) is 0 Å². The molecule has 0 aliphatic carbocycles. The van der Waals surface area contributed by atoms with Gasteiger partial charge in [-0.25, -0.2) is 8.78 Å². The van der Waals surface area contributed by atoms with Gasteiger partial charge in [0, 0.05) is 19.5 Å². The molecule has 116 valence electrons. The van der Waals surface area contributed by atoms with E-state index in [1.54, 1.807) is 0 Å². The molecule has 1 aromatic rings. The topological polar surface area (TPSA) is 78.9 Å². The molecule has 7 heteroatoms. The number of nitrogens with two attached hydrogens (primary N) is 1. The molecule has 0 aliphatic rings. The fourth-order valence-corrected chi connectivity index (χ4v) is 1.88. The quantitative estimate of drug-likeness (QED) is 0.366. The van der Waals surface area contributed by atoms with Crippen molar-refractivity contribution in [3.05, 3.63) is 35.4 Å². The van der Waals surface area contributed by atoms with Crippen molar-refractivity contribution in [3.8, 4) is 0 Å². The summed E-state index contributed by atoms with van der Waals surface area (Å²) in [5.41, 5.74) is 4.78. The number of oxime groups is 1. The second kappa shape index (κ2) is 7.56. The summed E-state index contributed by atoms with van der Waals surface area (Å²) in [5.74, 6) is -2.50. The predicted octanol–water partition coefficient (Wildman–Crippen LogP) is 2.20. The van der Waals surface area contributed by atoms with Gasteiger partial charge in [0.25, 0.3) is 5.91 Å². The van der Waals surface area contributed by atoms with Crippen LogP contribution in [-0.2, 0) is 0 Å². The van der Waals surface area contributed by atoms with Crippen LogP contribution in [-0.4, -0.2) is 34.9 Å². The number of hydrogen-bond acceptors (Lipinski definition) is 3. The fourth-order valence-electron chi connectivity index (χ4n) is 1.88. The largest absolute Gasteiger partial charge is 0.409 e. The van der Waals surface area contributed by atoms with Crippen molar-refractivity contribution in [1.29, 1.82) is 0 Å². The first kappa shape index (κ1) is 16.9. The first-order chi connectivity index (χ1) is 9.86. The maximum Gasteiger partial charge on any atom is 0.259 e. The summed E-state index contributed by atoms with van der Waals surface area (Å²) in [6, 6.07) is 3.27. The Morgan fingerprint density at radius 1 is 1.38 bits per heavy atom. The molecule has 0 saturated heterocycles. The molecule has 1 rings (SSSR count). The molecule has 5 nitrogen and oxygen atoms in total. The third-order valence-electron chi connectivity index (χ3n) is 2.82. The van der Waals surface area contributed by atoms with Crippen molar-refractivity contribution in [2.24, 2.45) is 16.8 Å². The number of rotatable bonds is 6. The third kappa shape index (κ3) is 4.70. The first-order valence-electron chi connectivity index (χ1n) is 6.56. The number of amidine groups is 1. The van der Waals surface area contributed by atoms with Crippen LogP contribution in [0.3, 0.4) is 0 Å². The van der Waals surface area contributed by atoms with Gasteiger partial charge in [0.05, 0.1) is 0 Å². The molecule has 1 aromatic carbocycles. The molecular formula is C14H19F2N3O2. The molecule has 0 fully saturated rings. The van der Waals surface area contributed by atoms with E-state index in [-0.39, 0.29) is 24.7 Å². The average molecular weight is 299 g/mol. The highest BCUT2D eigenvalue weighted by Crippen LogP contribution is 2.16. The van der Waals surface area contributed by atoms with Gasteiger partial charge in [-0.05, 0) is 18.1 Å². The van der Waals surface area contributed by atoms with Crippen LogP contribution >= 0.6 is 0 Å². The monoisotopic (exact) mass is 299 g/mol. The van der Waals surface area contributed by atoms with E-state index < -0.39 is 23.1 Å². The lowest BCUT2D eigenvalue weighted by Gasteiger charge is -2.24. The van der Waals surface area contributed by atoms with Crippen molar-refractivity contribution in [3.63, 3.8) is 0 Å². The van der Waals surface area contributed by atoms with Crippen LogP contribution in [0.2, 0.25) is 0 Å². The smallest absolute Gasteiger partial charge is 0.259 e. The molecule has 0 bridgehead atoms. The molecule has 0 atom stereocenters. The van der Waals surface area contributed by atoms with Crippen LogP contribution < -0.4 is 5.73 Å². The van der Waals surface area contributed by atoms with Crippen LogP contribution in [0.5, 0.6) is 0 Å². The fraction of sp³-hybridized carbons (Fsp3) is 0.429. The van der Waals surface area contributed by atoms with E-state index in [4.69, 9.17) is 10.9 Å². The Balaban J connectivity index is 2.99. The molecule has 3 N–H and O–H groups in total. The van der Waals surface area contributed by atoms with E-state index in [1.807, 2.05) is 13.8 Å². The van der Waals surface area contributed by atoms with Crippen LogP contribution in [0.25, 0.3) is 0 Å². The Labute approximate surface area is 122 Å². The number of amides is 1. The standard InChI is InChI=1S/C14H19F2N3O2/c1-9(2)8-19(7-6-12(17)18-21)14(20)13-10(15)4-3-5-11(13)16/h3-5,9,21H,6-8H2,1-2H3,(H2,17,18). The van der Waals surface area contributed by atoms with E-state index in [2.05, 4.69) is 5.16 Å². The molecule has 0 aliphatic heterocycles. The number of carbonyl (C=O) groups is 1. The van der Waals surface area contributed by atoms with Crippen molar-refractivity contribution in [2.45, 2.75) is 20.3 Å². The molecule has 0 heterocycles. The number of benzene rings is 1. The molecular weight excluding hydrogens is 280 g/mol. The van der Waals surface area contributed by atoms with Crippen LogP contribution in [0.1, 0.15) is 30.6 Å². The van der Waals surface area contributed by atoms with Crippen LogP contribution in [0, 0.1) is 17.6 Å². The van der Waals surface area contributed by atoms with E-state index in [1.165, 1.54) is 11.0 Å². The van der Waals surface area contributed by atoms with Crippen LogP contribution in [0.15, 0.2) is 23.4 Å². The van der Waals surface area contributed by atoms with Gasteiger partial charge in [-0.2, -0.15) is 0 Å². The predicted molar refractivity (Wildman–Crippen MR) is 75.1 cm³/mol. The summed E-state index contributed by atoms with van der Waals surface area (Å²) in [5, 5.41) is 11.3. The van der Waals surface area contributed by atoms with Crippen LogP contribution in [0.4, 0.5) is 8.78 Å². The lowest BCUT2D eigenvalue weighted by molar-refractivity contribution is 0.0730. The van der Waals surface area contributed by atoms with E-state index in [0.717, 1.165) is 12.1 Å². The minimum atomic E-state index is -0.905. The van der Waals surface area contributed by atoms with Crippen molar-refractivity contribution < 1.29 is 18.8 Å². The summed E-state index contributed by atoms with van der Waals surface area (Å²) >= 11 is 0. The second-order valence-electron chi connectivity index (χ2n) is 5.08. The summed E-state index contributed by atoms with van der Waals surface area (Å²) in [4.78, 5) is 13.6. The van der Waals surface area contributed by atoms with Gasteiger partial charge in [0.15, 0.2) is 0 Å². The average Bonchev–Trinajstić information content (AvgIpc) is 2.42. The van der Waals surface area contributed by atoms with E-state index >= 15 is 0 Å². The van der Waals surface area contributed by atoms with Crippen molar-refractivity contribution >= 4 is 11.7 Å². The Kier molecular flexibility index (Phi) is 6.08. The number of hydrogen-bond donors (Lipinski definition) is 2. The molecule has 0 radical (unpaired) electrons. The normalized spacial score (nSPS) is 11.8. The van der Waals surface area contributed by atoms with Gasteiger partial charge < -0.3 is 15.8 Å². The third-order valence-corrected chi connectivity index (χ3v) is 2.82. The summed E-state index contributed by atoms with van der Waals surface area (Å²) in [7, 11) is 0. The summed E-state index contributed by atoms with van der Waals surface area (Å²) < 4.78 is 27.4. The lowest BCUT2D eigenvalue weighted by Crippen LogP contribution is -2.37. The Hall–Kier alpha value is -2.18. The maximum atomic E-state index is 13.7. The lowest BCUT2D eigenvalue weighted by atomic mass is 10.1. The number of nitrogens with zero attached hydrogens (tertiary/aromatic N) is 2. The number of halogens is 2. The highest BCUT2D eigenvalue weighted by molar-refractivity contribution is 5.95. The van der Waals surface area contributed by atoms with Gasteiger partial charge in [0.1, 0.15) is 23.0 Å². The zero-order valence-corrected chi connectivity index (χ0v) is 12.0. The van der Waals surface area contributed by atoms with E-state index in [9.17, 15) is 13.6 Å². The molecule has 0 unspecified atom stereocenters. The minimum Gasteiger partial charge on any atom is -0.409 e. The molecule has 0 aromatic heterocycles. The van der Waals surface area contributed by atoms with Gasteiger partial charge in [-0.15, -0.1) is 0 Å². The maximum absolute atomic E-state index is 13.7. The molecule has 21 heavy (non-hydrogen) atoms. The zero-order valence-electron chi connectivity index (χ0n) is 12.0. The summed E-state index contributed by atoms with van der Waals surface area (Å²) in [6.45, 7) is 4.18. The molecule has 1 amide bonds. The van der Waals surface area contributed by atoms with Crippen molar-refractivity contribution in [1.82, 2.24) is 4.90 Å². The minimum absolute atomic E-state index is 0.0504. The highest BCUT2D eigenvalue weighted by Gasteiger charge is 2.23. The Morgan fingerprint density at radius 2 is 1.95 bits per heavy atom. The highest BCUT2D eigenvalue weighted by atomic mass is 19.1. The van der Waals surface area contributed by atoms with Crippen molar-refractivity contribution in [2.75, 3.05) is 13.1 Å². The molecule has 0 spiro atoms. The first-order valence-corrected chi connectivity index (χ1v) is 6.56. The van der Waals surface area contributed by atoms with Gasteiger partial charge in [-0.1, -0.05) is 25.1 Å². The van der Waals surface area contributed by atoms with Gasteiger partial charge >= 0.3 is 0 Å². The number of carbonyl (C=O) groups excluding carboxylic acids is 1. The van der Waals surface area contributed by atoms with Gasteiger partial charge in [-0.3, -0.25) is 4.79 Å². The van der Waals surface area contributed by atoms with E-state index in [0.29, 0.717) is 6.54 Å².